The van der Waals surface area contributed by atoms with E-state index in [0.29, 0.717) is 0 Å². The van der Waals surface area contributed by atoms with Gasteiger partial charge in [0.2, 0.25) is 11.8 Å². The van der Waals surface area contributed by atoms with Crippen molar-refractivity contribution in [3.05, 3.63) is 35.9 Å². The van der Waals surface area contributed by atoms with Gasteiger partial charge in [0.05, 0.1) is 13.0 Å². The number of carbonyl (C=O) groups excluding carboxylic acids is 2. The second-order valence-electron chi connectivity index (χ2n) is 5.89. The number of nitrogens with zero attached hydrogens (tertiary/aromatic N) is 1. The summed E-state index contributed by atoms with van der Waals surface area (Å²) in [6.45, 7) is -1.74. The molecule has 136 valence electrons. The van der Waals surface area contributed by atoms with E-state index in [-0.39, 0.29) is 13.0 Å². The summed E-state index contributed by atoms with van der Waals surface area (Å²) in [6, 6.07) is 8.74. The van der Waals surface area contributed by atoms with Crippen LogP contribution in [0.2, 0.25) is 0 Å². The van der Waals surface area contributed by atoms with Crippen molar-refractivity contribution in [1.29, 1.82) is 0 Å². The van der Waals surface area contributed by atoms with Crippen LogP contribution in [0.5, 0.6) is 0 Å². The number of aliphatic carboxylic acids is 1. The Bertz CT molecular complexity index is 663. The molecule has 1 aliphatic heterocycles. The highest BCUT2D eigenvalue weighted by molar-refractivity contribution is 5.87. The number of halogens is 3. The quantitative estimate of drug-likeness (QED) is 0.828. The van der Waals surface area contributed by atoms with Crippen LogP contribution in [0.15, 0.2) is 30.3 Å². The Morgan fingerprint density at radius 3 is 2.36 bits per heavy atom. The van der Waals surface area contributed by atoms with Crippen LogP contribution >= 0.6 is 0 Å². The Kier molecular flexibility index (Phi) is 5.34. The molecule has 1 aromatic carbocycles. The van der Waals surface area contributed by atoms with Crippen LogP contribution in [0.4, 0.5) is 13.2 Å². The lowest BCUT2D eigenvalue weighted by atomic mass is 9.86. The Morgan fingerprint density at radius 1 is 1.20 bits per heavy atom. The van der Waals surface area contributed by atoms with E-state index in [1.165, 1.54) is 0 Å². The average molecular weight is 358 g/mol. The maximum atomic E-state index is 13.1. The van der Waals surface area contributed by atoms with Gasteiger partial charge in [-0.2, -0.15) is 13.2 Å². The zero-order valence-corrected chi connectivity index (χ0v) is 13.2. The van der Waals surface area contributed by atoms with Crippen molar-refractivity contribution in [1.82, 2.24) is 10.2 Å². The lowest BCUT2D eigenvalue weighted by Crippen LogP contribution is -2.48. The van der Waals surface area contributed by atoms with Gasteiger partial charge in [0.15, 0.2) is 5.41 Å². The molecule has 1 unspecified atom stereocenters. The first-order chi connectivity index (χ1) is 11.7. The monoisotopic (exact) mass is 358 g/mol. The predicted octanol–water partition coefficient (Wildman–Crippen LogP) is 1.21. The number of hydrogen-bond donors (Lipinski definition) is 2. The number of likely N-dealkylation sites (tertiary alicyclic amines) is 1. The van der Waals surface area contributed by atoms with Crippen molar-refractivity contribution in [2.45, 2.75) is 19.0 Å². The van der Waals surface area contributed by atoms with Gasteiger partial charge in [-0.15, -0.1) is 0 Å². The fraction of sp³-hybridized carbons (Fsp3) is 0.438. The average Bonchev–Trinajstić information content (AvgIpc) is 3.00. The largest absolute Gasteiger partial charge is 0.481 e. The molecular weight excluding hydrogens is 341 g/mol. The Balaban J connectivity index is 1.90. The fourth-order valence-corrected chi connectivity index (χ4v) is 2.68. The summed E-state index contributed by atoms with van der Waals surface area (Å²) >= 11 is 0. The molecule has 0 aromatic heterocycles. The minimum Gasteiger partial charge on any atom is -0.481 e. The van der Waals surface area contributed by atoms with Gasteiger partial charge in [0, 0.05) is 13.1 Å². The maximum absolute atomic E-state index is 13.1. The van der Waals surface area contributed by atoms with Crippen molar-refractivity contribution >= 4 is 17.8 Å². The lowest BCUT2D eigenvalue weighted by molar-refractivity contribution is -0.227. The second-order valence-corrected chi connectivity index (χ2v) is 5.89. The number of amides is 2. The summed E-state index contributed by atoms with van der Waals surface area (Å²) in [7, 11) is 0. The van der Waals surface area contributed by atoms with Crippen molar-refractivity contribution < 1.29 is 32.7 Å². The van der Waals surface area contributed by atoms with E-state index in [4.69, 9.17) is 5.11 Å². The van der Waals surface area contributed by atoms with Gasteiger partial charge >= 0.3 is 12.1 Å². The first kappa shape index (κ1) is 18.8. The summed E-state index contributed by atoms with van der Waals surface area (Å²) in [5.74, 6) is -3.18. The van der Waals surface area contributed by atoms with Crippen molar-refractivity contribution in [3.8, 4) is 0 Å². The molecule has 2 amide bonds. The molecule has 25 heavy (non-hydrogen) atoms. The number of rotatable bonds is 5. The van der Waals surface area contributed by atoms with Crippen molar-refractivity contribution in [2.75, 3.05) is 19.6 Å². The Morgan fingerprint density at radius 2 is 1.84 bits per heavy atom. The fourth-order valence-electron chi connectivity index (χ4n) is 2.68. The van der Waals surface area contributed by atoms with E-state index in [1.807, 2.05) is 0 Å². The predicted molar refractivity (Wildman–Crippen MR) is 80.5 cm³/mol. The molecule has 1 heterocycles. The first-order valence-electron chi connectivity index (χ1n) is 7.54. The third-order valence-corrected chi connectivity index (χ3v) is 4.22. The van der Waals surface area contributed by atoms with E-state index < -0.39 is 48.9 Å². The zero-order chi connectivity index (χ0) is 18.7. The van der Waals surface area contributed by atoms with Gasteiger partial charge in [0.25, 0.3) is 0 Å². The van der Waals surface area contributed by atoms with Crippen LogP contribution < -0.4 is 5.32 Å². The number of carboxylic acids is 1. The maximum Gasteiger partial charge on any atom is 0.406 e. The third-order valence-electron chi connectivity index (χ3n) is 4.22. The summed E-state index contributed by atoms with van der Waals surface area (Å²) in [5.41, 5.74) is -2.22. The molecule has 0 aliphatic carbocycles. The number of alkyl halides is 3. The minimum atomic E-state index is -4.95. The van der Waals surface area contributed by atoms with Crippen LogP contribution in [0, 0.1) is 5.41 Å². The summed E-state index contributed by atoms with van der Waals surface area (Å²) in [4.78, 5) is 35.7. The normalized spacial score (nSPS) is 20.4. The van der Waals surface area contributed by atoms with Gasteiger partial charge in [-0.1, -0.05) is 30.3 Å². The first-order valence-corrected chi connectivity index (χ1v) is 7.54. The van der Waals surface area contributed by atoms with E-state index >= 15 is 0 Å². The van der Waals surface area contributed by atoms with Gasteiger partial charge in [-0.05, 0) is 12.0 Å². The molecule has 1 aliphatic rings. The standard InChI is InChI=1S/C16H17F3N2O4/c17-16(18,19)15(14(24)25)6-7-21(10-15)13(23)9-20-12(22)8-11-4-2-1-3-5-11/h1-5H,6-10H2,(H,20,22)(H,24,25). The number of nitrogens with one attached hydrogen (secondary N) is 1. The molecule has 2 rings (SSSR count). The summed E-state index contributed by atoms with van der Waals surface area (Å²) in [6.07, 6.45) is -5.62. The zero-order valence-electron chi connectivity index (χ0n) is 13.2. The number of carbonyl (C=O) groups is 3. The molecule has 1 atom stereocenters. The molecule has 9 heteroatoms. The van der Waals surface area contributed by atoms with Gasteiger partial charge in [0.1, 0.15) is 0 Å². The lowest BCUT2D eigenvalue weighted by Gasteiger charge is -2.27. The topological polar surface area (TPSA) is 86.7 Å². The Hall–Kier alpha value is -2.58. The number of benzene rings is 1. The molecule has 1 saturated heterocycles. The van der Waals surface area contributed by atoms with Crippen LogP contribution in [-0.4, -0.2) is 53.6 Å². The minimum absolute atomic E-state index is 0.0374. The van der Waals surface area contributed by atoms with Crippen LogP contribution in [0.1, 0.15) is 12.0 Å². The van der Waals surface area contributed by atoms with Crippen LogP contribution in [0.25, 0.3) is 0 Å². The van der Waals surface area contributed by atoms with Gasteiger partial charge in [-0.3, -0.25) is 14.4 Å². The number of carboxylic acid groups (broad SMARTS) is 1. The highest BCUT2D eigenvalue weighted by Crippen LogP contribution is 2.45. The number of hydrogen-bond acceptors (Lipinski definition) is 3. The molecule has 0 bridgehead atoms. The third kappa shape index (κ3) is 4.09. The summed E-state index contributed by atoms with van der Waals surface area (Å²) in [5, 5.41) is 11.3. The molecule has 0 spiro atoms. The molecule has 1 aromatic rings. The van der Waals surface area contributed by atoms with Crippen LogP contribution in [0.3, 0.4) is 0 Å². The van der Waals surface area contributed by atoms with Crippen LogP contribution in [-0.2, 0) is 20.8 Å². The smallest absolute Gasteiger partial charge is 0.406 e. The molecule has 0 saturated carbocycles. The van der Waals surface area contributed by atoms with Gasteiger partial charge < -0.3 is 15.3 Å². The molecule has 6 nitrogen and oxygen atoms in total. The Labute approximate surface area is 141 Å². The highest BCUT2D eigenvalue weighted by Gasteiger charge is 2.64. The highest BCUT2D eigenvalue weighted by atomic mass is 19.4. The second kappa shape index (κ2) is 7.12. The van der Waals surface area contributed by atoms with Crippen molar-refractivity contribution in [2.24, 2.45) is 5.41 Å². The van der Waals surface area contributed by atoms with E-state index in [0.717, 1.165) is 10.5 Å². The van der Waals surface area contributed by atoms with E-state index in [2.05, 4.69) is 5.32 Å². The molecular formula is C16H17F3N2O4. The summed E-state index contributed by atoms with van der Waals surface area (Å²) < 4.78 is 39.2. The SMILES string of the molecule is O=C(Cc1ccccc1)NCC(=O)N1CCC(C(=O)O)(C(F)(F)F)C1. The molecule has 2 N–H and O–H groups in total. The van der Waals surface area contributed by atoms with E-state index in [9.17, 15) is 27.6 Å². The molecule has 1 fully saturated rings. The van der Waals surface area contributed by atoms with E-state index in [1.54, 1.807) is 30.3 Å². The van der Waals surface area contributed by atoms with Gasteiger partial charge in [-0.25, -0.2) is 0 Å². The van der Waals surface area contributed by atoms with Crippen molar-refractivity contribution in [3.63, 3.8) is 0 Å². The molecule has 0 radical (unpaired) electrons.